The molecule has 4 rings (SSSR count). The summed E-state index contributed by atoms with van der Waals surface area (Å²) in [6.07, 6.45) is 3.54. The Balaban J connectivity index is 1.41. The first-order chi connectivity index (χ1) is 17.0. The van der Waals surface area contributed by atoms with Crippen molar-refractivity contribution in [2.24, 2.45) is 4.99 Å². The van der Waals surface area contributed by atoms with Gasteiger partial charge in [-0.15, -0.1) is 0 Å². The molecule has 1 heterocycles. The molecule has 3 N–H and O–H groups in total. The fourth-order valence-electron chi connectivity index (χ4n) is 4.03. The van der Waals surface area contributed by atoms with Crippen LogP contribution in [0.5, 0.6) is 0 Å². The van der Waals surface area contributed by atoms with Crippen molar-refractivity contribution in [3.8, 4) is 0 Å². The van der Waals surface area contributed by atoms with E-state index in [0.29, 0.717) is 24.5 Å². The molecule has 1 amide bonds. The first-order valence-electron chi connectivity index (χ1n) is 11.8. The van der Waals surface area contributed by atoms with Crippen molar-refractivity contribution >= 4 is 27.5 Å². The third-order valence-corrected chi connectivity index (χ3v) is 7.17. The Morgan fingerprint density at radius 2 is 1.54 bits per heavy atom. The highest BCUT2D eigenvalue weighted by Crippen LogP contribution is 2.22. The number of carbonyl (C=O) groups excluding carboxylic acids is 1. The summed E-state index contributed by atoms with van der Waals surface area (Å²) in [5.74, 6) is 0.228. The summed E-state index contributed by atoms with van der Waals surface area (Å²) >= 11 is 0. The van der Waals surface area contributed by atoms with E-state index in [2.05, 4.69) is 20.3 Å². The summed E-state index contributed by atoms with van der Waals surface area (Å²) in [6.45, 7) is 0.689. The van der Waals surface area contributed by atoms with Gasteiger partial charge in [-0.3, -0.25) is 19.8 Å². The Bertz CT molecular complexity index is 1220. The van der Waals surface area contributed by atoms with Crippen molar-refractivity contribution in [2.75, 3.05) is 18.4 Å². The second-order valence-corrected chi connectivity index (χ2v) is 10.1. The molecule has 0 spiro atoms. The molecule has 0 saturated heterocycles. The van der Waals surface area contributed by atoms with Gasteiger partial charge in [-0.2, -0.15) is 0 Å². The molecule has 0 unspecified atom stereocenters. The summed E-state index contributed by atoms with van der Waals surface area (Å²) in [6, 6.07) is 25.9. The summed E-state index contributed by atoms with van der Waals surface area (Å²) in [5, 5.41) is 6.12. The number of rotatable bonds is 8. The van der Waals surface area contributed by atoms with E-state index in [1.807, 2.05) is 60.7 Å². The lowest BCUT2D eigenvalue weighted by atomic mass is 9.99. The largest absolute Gasteiger partial charge is 0.325 e. The van der Waals surface area contributed by atoms with Crippen LogP contribution in [0.2, 0.25) is 0 Å². The molecule has 0 radical (unpaired) electrons. The zero-order valence-electron chi connectivity index (χ0n) is 19.5. The molecule has 0 bridgehead atoms. The average molecular weight is 491 g/mol. The standard InChI is InChI=1S/C27H30N4O3S/c32-26(20-29-27(21-11-4-1-5-12-21)22-13-6-2-7-14-22)30-23-15-10-16-24(19-23)35(33,34)31-25-17-8-3-9-18-28-25/h1-2,4-7,10-16,19,27,29H,3,8-9,17-18,20H2,(H,28,31)(H,30,32). The molecule has 182 valence electrons. The predicted octanol–water partition coefficient (Wildman–Crippen LogP) is 4.26. The average Bonchev–Trinajstić information content (AvgIpc) is 3.14. The van der Waals surface area contributed by atoms with E-state index < -0.39 is 10.0 Å². The topological polar surface area (TPSA) is 99.7 Å². The minimum atomic E-state index is -3.78. The lowest BCUT2D eigenvalue weighted by Crippen LogP contribution is -2.32. The number of nitrogens with one attached hydrogen (secondary N) is 3. The summed E-state index contributed by atoms with van der Waals surface area (Å²) in [4.78, 5) is 17.2. The van der Waals surface area contributed by atoms with E-state index in [-0.39, 0.29) is 23.4 Å². The number of hydrogen-bond donors (Lipinski definition) is 3. The highest BCUT2D eigenvalue weighted by molar-refractivity contribution is 7.90. The molecular weight excluding hydrogens is 460 g/mol. The SMILES string of the molecule is O=C(CNC(c1ccccc1)c1ccccc1)Nc1cccc(S(=O)(=O)NC2=NCCCCC2)c1. The maximum Gasteiger partial charge on any atom is 0.262 e. The van der Waals surface area contributed by atoms with E-state index >= 15 is 0 Å². The number of nitrogens with zero attached hydrogens (tertiary/aromatic N) is 1. The number of amides is 1. The monoisotopic (exact) mass is 490 g/mol. The van der Waals surface area contributed by atoms with Gasteiger partial charge >= 0.3 is 0 Å². The normalized spacial score (nSPS) is 14.1. The molecule has 0 aliphatic carbocycles. The van der Waals surface area contributed by atoms with Crippen molar-refractivity contribution < 1.29 is 13.2 Å². The second-order valence-electron chi connectivity index (χ2n) is 8.46. The molecule has 0 saturated carbocycles. The number of amidine groups is 1. The number of sulfonamides is 1. The van der Waals surface area contributed by atoms with Crippen molar-refractivity contribution in [3.63, 3.8) is 0 Å². The first kappa shape index (κ1) is 24.6. The Labute approximate surface area is 206 Å². The highest BCUT2D eigenvalue weighted by atomic mass is 32.2. The Morgan fingerprint density at radius 3 is 2.23 bits per heavy atom. The summed E-state index contributed by atoms with van der Waals surface area (Å²) in [7, 11) is -3.78. The van der Waals surface area contributed by atoms with Gasteiger partial charge in [0.15, 0.2) is 0 Å². The van der Waals surface area contributed by atoms with Crippen LogP contribution in [0, 0.1) is 0 Å². The van der Waals surface area contributed by atoms with E-state index in [1.54, 1.807) is 12.1 Å². The molecule has 7 nitrogen and oxygen atoms in total. The molecule has 0 fully saturated rings. The Morgan fingerprint density at radius 1 is 0.857 bits per heavy atom. The Kier molecular flexibility index (Phi) is 8.28. The molecule has 35 heavy (non-hydrogen) atoms. The van der Waals surface area contributed by atoms with Gasteiger partial charge in [-0.25, -0.2) is 8.42 Å². The number of benzene rings is 3. The summed E-state index contributed by atoms with van der Waals surface area (Å²) < 4.78 is 28.3. The van der Waals surface area contributed by atoms with Crippen molar-refractivity contribution in [2.45, 2.75) is 36.6 Å². The second kappa shape index (κ2) is 11.8. The number of aliphatic imine (C=N–C) groups is 1. The molecule has 1 aliphatic heterocycles. The van der Waals surface area contributed by atoms with E-state index in [9.17, 15) is 13.2 Å². The predicted molar refractivity (Wildman–Crippen MR) is 139 cm³/mol. The highest BCUT2D eigenvalue weighted by Gasteiger charge is 2.19. The van der Waals surface area contributed by atoms with Gasteiger partial charge in [0.05, 0.1) is 17.5 Å². The molecular formula is C27H30N4O3S. The molecule has 8 heteroatoms. The van der Waals surface area contributed by atoms with Gasteiger partial charge in [-0.05, 0) is 42.2 Å². The molecule has 3 aromatic rings. The third kappa shape index (κ3) is 7.00. The summed E-state index contributed by atoms with van der Waals surface area (Å²) in [5.41, 5.74) is 2.51. The van der Waals surface area contributed by atoms with Crippen LogP contribution in [-0.4, -0.2) is 33.3 Å². The number of hydrogen-bond acceptors (Lipinski definition) is 5. The maximum atomic E-state index is 12.9. The van der Waals surface area contributed by atoms with Crippen LogP contribution >= 0.6 is 0 Å². The van der Waals surface area contributed by atoms with Gasteiger partial charge in [0.1, 0.15) is 5.84 Å². The minimum absolute atomic E-state index is 0.0560. The van der Waals surface area contributed by atoms with Gasteiger partial charge in [0.2, 0.25) is 5.91 Å². The van der Waals surface area contributed by atoms with E-state index in [0.717, 1.165) is 30.4 Å². The lowest BCUT2D eigenvalue weighted by molar-refractivity contribution is -0.115. The third-order valence-electron chi connectivity index (χ3n) is 5.79. The van der Waals surface area contributed by atoms with Gasteiger partial charge in [0.25, 0.3) is 10.0 Å². The maximum absolute atomic E-state index is 12.9. The fraction of sp³-hybridized carbons (Fsp3) is 0.259. The first-order valence-corrected chi connectivity index (χ1v) is 13.3. The van der Waals surface area contributed by atoms with E-state index in [1.165, 1.54) is 12.1 Å². The van der Waals surface area contributed by atoms with E-state index in [4.69, 9.17) is 0 Å². The van der Waals surface area contributed by atoms with Gasteiger partial charge in [-0.1, -0.05) is 73.2 Å². The van der Waals surface area contributed by atoms with Crippen LogP contribution < -0.4 is 15.4 Å². The van der Waals surface area contributed by atoms with Crippen LogP contribution in [0.1, 0.15) is 42.9 Å². The minimum Gasteiger partial charge on any atom is -0.325 e. The molecule has 1 aliphatic rings. The fourth-order valence-corrected chi connectivity index (χ4v) is 5.17. The van der Waals surface area contributed by atoms with Crippen LogP contribution in [0.3, 0.4) is 0 Å². The van der Waals surface area contributed by atoms with Crippen LogP contribution in [0.15, 0.2) is 94.8 Å². The van der Waals surface area contributed by atoms with Gasteiger partial charge in [0, 0.05) is 18.7 Å². The van der Waals surface area contributed by atoms with Crippen LogP contribution in [0.4, 0.5) is 5.69 Å². The number of anilines is 1. The Hall–Kier alpha value is -3.49. The van der Waals surface area contributed by atoms with Gasteiger partial charge < -0.3 is 5.32 Å². The zero-order chi connectivity index (χ0) is 24.5. The molecule has 0 aromatic heterocycles. The number of carbonyl (C=O) groups is 1. The molecule has 0 atom stereocenters. The quantitative estimate of drug-likeness (QED) is 0.439. The zero-order valence-corrected chi connectivity index (χ0v) is 20.3. The van der Waals surface area contributed by atoms with Crippen molar-refractivity contribution in [1.82, 2.24) is 10.0 Å². The van der Waals surface area contributed by atoms with Crippen molar-refractivity contribution in [1.29, 1.82) is 0 Å². The smallest absolute Gasteiger partial charge is 0.262 e. The van der Waals surface area contributed by atoms with Crippen LogP contribution in [0.25, 0.3) is 0 Å². The van der Waals surface area contributed by atoms with Crippen molar-refractivity contribution in [3.05, 3.63) is 96.1 Å². The lowest BCUT2D eigenvalue weighted by Gasteiger charge is -2.20. The van der Waals surface area contributed by atoms with Crippen LogP contribution in [-0.2, 0) is 14.8 Å². The molecule has 3 aromatic carbocycles.